The number of hydrogen-bond acceptors (Lipinski definition) is 2. The molecule has 0 spiro atoms. The van der Waals surface area contributed by atoms with Gasteiger partial charge in [0.15, 0.2) is 0 Å². The number of unbranched alkanes of at least 4 members (excludes halogenated alkanes) is 1. The van der Waals surface area contributed by atoms with Gasteiger partial charge in [0.1, 0.15) is 5.76 Å². The van der Waals surface area contributed by atoms with Crippen molar-refractivity contribution in [3.8, 4) is 0 Å². The first-order chi connectivity index (χ1) is 7.10. The Morgan fingerprint density at radius 1 is 1.33 bits per heavy atom. The summed E-state index contributed by atoms with van der Waals surface area (Å²) >= 11 is 0. The summed E-state index contributed by atoms with van der Waals surface area (Å²) in [6.07, 6.45) is 8.07. The summed E-state index contributed by atoms with van der Waals surface area (Å²) in [5.74, 6) is 1.23. The Morgan fingerprint density at radius 3 is 2.47 bits per heavy atom. The Morgan fingerprint density at radius 2 is 2.00 bits per heavy atom. The molecule has 0 rings (SSSR count). The molecular formula is C13H24O2. The average Bonchev–Trinajstić information content (AvgIpc) is 2.17. The Balaban J connectivity index is 3.90. The second-order valence-electron chi connectivity index (χ2n) is 4.06. The van der Waals surface area contributed by atoms with Crippen LogP contribution in [0.4, 0.5) is 0 Å². The molecule has 0 radical (unpaired) electrons. The average molecular weight is 212 g/mol. The monoisotopic (exact) mass is 212 g/mol. The van der Waals surface area contributed by atoms with Crippen LogP contribution in [-0.4, -0.2) is 5.97 Å². The number of rotatable bonds is 7. The summed E-state index contributed by atoms with van der Waals surface area (Å²) < 4.78 is 4.97. The fourth-order valence-corrected chi connectivity index (χ4v) is 1.58. The highest BCUT2D eigenvalue weighted by atomic mass is 16.5. The molecule has 2 nitrogen and oxygen atoms in total. The molecule has 0 aliphatic rings. The molecule has 2 heteroatoms. The number of carbonyl (C=O) groups excluding carboxylic acids is 1. The number of carbonyl (C=O) groups is 1. The van der Waals surface area contributed by atoms with E-state index < -0.39 is 0 Å². The van der Waals surface area contributed by atoms with E-state index in [1.165, 1.54) is 32.6 Å². The van der Waals surface area contributed by atoms with Crippen molar-refractivity contribution in [2.45, 2.75) is 59.8 Å². The van der Waals surface area contributed by atoms with E-state index in [4.69, 9.17) is 4.74 Å². The molecular weight excluding hydrogens is 188 g/mol. The molecule has 0 aliphatic heterocycles. The summed E-state index contributed by atoms with van der Waals surface area (Å²) in [5, 5.41) is 0. The minimum absolute atomic E-state index is 0.231. The third-order valence-corrected chi connectivity index (χ3v) is 2.59. The maximum atomic E-state index is 10.7. The quantitative estimate of drug-likeness (QED) is 0.470. The van der Waals surface area contributed by atoms with Gasteiger partial charge in [-0.25, -0.2) is 0 Å². The van der Waals surface area contributed by atoms with Gasteiger partial charge in [-0.15, -0.1) is 0 Å². The van der Waals surface area contributed by atoms with Crippen LogP contribution >= 0.6 is 0 Å². The van der Waals surface area contributed by atoms with Crippen LogP contribution in [0.1, 0.15) is 59.8 Å². The lowest BCUT2D eigenvalue weighted by Crippen LogP contribution is -2.00. The van der Waals surface area contributed by atoms with E-state index >= 15 is 0 Å². The van der Waals surface area contributed by atoms with E-state index in [9.17, 15) is 4.79 Å². The van der Waals surface area contributed by atoms with Crippen molar-refractivity contribution in [1.29, 1.82) is 0 Å². The van der Waals surface area contributed by atoms with Crippen LogP contribution in [0, 0.1) is 5.92 Å². The molecule has 88 valence electrons. The van der Waals surface area contributed by atoms with Crippen molar-refractivity contribution in [2.75, 3.05) is 0 Å². The molecule has 0 saturated heterocycles. The van der Waals surface area contributed by atoms with Gasteiger partial charge in [-0.2, -0.15) is 0 Å². The molecule has 0 N–H and O–H groups in total. The highest BCUT2D eigenvalue weighted by Gasteiger charge is 2.04. The number of esters is 1. The van der Waals surface area contributed by atoms with Gasteiger partial charge in [-0.3, -0.25) is 4.79 Å². The molecule has 0 aromatic heterocycles. The van der Waals surface area contributed by atoms with E-state index in [2.05, 4.69) is 13.8 Å². The van der Waals surface area contributed by atoms with Crippen LogP contribution in [0.3, 0.4) is 0 Å². The summed E-state index contributed by atoms with van der Waals surface area (Å²) in [5.41, 5.74) is 0. The first-order valence-corrected chi connectivity index (χ1v) is 5.95. The van der Waals surface area contributed by atoms with Crippen LogP contribution < -0.4 is 0 Å². The second-order valence-corrected chi connectivity index (χ2v) is 4.06. The lowest BCUT2D eigenvalue weighted by atomic mass is 9.96. The van der Waals surface area contributed by atoms with Crippen LogP contribution in [0.25, 0.3) is 0 Å². The predicted octanol–water partition coefficient (Wildman–Crippen LogP) is 4.06. The SMILES string of the molecule is CCCC[C@H](CC)C/C=C(\C)OC(C)=O. The fourth-order valence-electron chi connectivity index (χ4n) is 1.58. The first-order valence-electron chi connectivity index (χ1n) is 5.95. The van der Waals surface area contributed by atoms with Crippen LogP contribution in [0.15, 0.2) is 11.8 Å². The van der Waals surface area contributed by atoms with Gasteiger partial charge in [0, 0.05) is 6.92 Å². The van der Waals surface area contributed by atoms with E-state index in [0.717, 1.165) is 18.1 Å². The summed E-state index contributed by atoms with van der Waals surface area (Å²) in [4.78, 5) is 10.7. The Hall–Kier alpha value is -0.790. The van der Waals surface area contributed by atoms with Crippen LogP contribution in [0.5, 0.6) is 0 Å². The molecule has 0 heterocycles. The minimum Gasteiger partial charge on any atom is -0.432 e. The van der Waals surface area contributed by atoms with Crippen molar-refractivity contribution >= 4 is 5.97 Å². The standard InChI is InChI=1S/C13H24O2/c1-5-7-8-13(6-2)10-9-11(3)15-12(4)14/h9,13H,5-8,10H2,1-4H3/b11-9+/t13-/m0/s1. The zero-order valence-electron chi connectivity index (χ0n) is 10.5. The highest BCUT2D eigenvalue weighted by Crippen LogP contribution is 2.18. The summed E-state index contributed by atoms with van der Waals surface area (Å²) in [6.45, 7) is 7.71. The van der Waals surface area contributed by atoms with Crippen LogP contribution in [0.2, 0.25) is 0 Å². The summed E-state index contributed by atoms with van der Waals surface area (Å²) in [6, 6.07) is 0. The van der Waals surface area contributed by atoms with Gasteiger partial charge < -0.3 is 4.74 Å². The zero-order valence-corrected chi connectivity index (χ0v) is 10.5. The largest absolute Gasteiger partial charge is 0.432 e. The van der Waals surface area contributed by atoms with Gasteiger partial charge in [0.2, 0.25) is 0 Å². The maximum Gasteiger partial charge on any atom is 0.307 e. The Bertz CT molecular complexity index is 207. The summed E-state index contributed by atoms with van der Waals surface area (Å²) in [7, 11) is 0. The Labute approximate surface area is 93.7 Å². The lowest BCUT2D eigenvalue weighted by Gasteiger charge is -2.12. The van der Waals surface area contributed by atoms with E-state index in [1.54, 1.807) is 0 Å². The molecule has 0 unspecified atom stereocenters. The third kappa shape index (κ3) is 8.22. The second kappa shape index (κ2) is 8.51. The van der Waals surface area contributed by atoms with Gasteiger partial charge in [-0.1, -0.05) is 39.5 Å². The molecule has 0 aromatic rings. The van der Waals surface area contributed by atoms with Gasteiger partial charge in [0.25, 0.3) is 0 Å². The highest BCUT2D eigenvalue weighted by molar-refractivity contribution is 5.67. The van der Waals surface area contributed by atoms with E-state index in [-0.39, 0.29) is 5.97 Å². The van der Waals surface area contributed by atoms with Crippen molar-refractivity contribution in [3.63, 3.8) is 0 Å². The smallest absolute Gasteiger partial charge is 0.307 e. The topological polar surface area (TPSA) is 26.3 Å². The number of allylic oxidation sites excluding steroid dienone is 2. The molecule has 1 atom stereocenters. The molecule has 0 aliphatic carbocycles. The van der Waals surface area contributed by atoms with Crippen molar-refractivity contribution in [2.24, 2.45) is 5.92 Å². The van der Waals surface area contributed by atoms with Crippen molar-refractivity contribution < 1.29 is 9.53 Å². The Kier molecular flexibility index (Phi) is 8.06. The van der Waals surface area contributed by atoms with Crippen molar-refractivity contribution in [1.82, 2.24) is 0 Å². The molecule has 0 amide bonds. The third-order valence-electron chi connectivity index (χ3n) is 2.59. The molecule has 0 bridgehead atoms. The first kappa shape index (κ1) is 14.2. The fraction of sp³-hybridized carbons (Fsp3) is 0.769. The predicted molar refractivity (Wildman–Crippen MR) is 63.4 cm³/mol. The van der Waals surface area contributed by atoms with Crippen LogP contribution in [-0.2, 0) is 9.53 Å². The number of ether oxygens (including phenoxy) is 1. The lowest BCUT2D eigenvalue weighted by molar-refractivity contribution is -0.136. The van der Waals surface area contributed by atoms with Gasteiger partial charge in [0.05, 0.1) is 0 Å². The molecule has 0 saturated carbocycles. The van der Waals surface area contributed by atoms with E-state index in [1.807, 2.05) is 13.0 Å². The molecule has 15 heavy (non-hydrogen) atoms. The van der Waals surface area contributed by atoms with Gasteiger partial charge >= 0.3 is 5.97 Å². The molecule has 0 aromatic carbocycles. The van der Waals surface area contributed by atoms with Gasteiger partial charge in [-0.05, 0) is 25.3 Å². The normalized spacial score (nSPS) is 13.7. The molecule has 0 fully saturated rings. The maximum absolute atomic E-state index is 10.7. The van der Waals surface area contributed by atoms with E-state index in [0.29, 0.717) is 0 Å². The van der Waals surface area contributed by atoms with Crippen molar-refractivity contribution in [3.05, 3.63) is 11.8 Å². The zero-order chi connectivity index (χ0) is 11.7. The minimum atomic E-state index is -0.231. The number of hydrogen-bond donors (Lipinski definition) is 0.